The van der Waals surface area contributed by atoms with Gasteiger partial charge in [0.05, 0.1) is 23.5 Å². The van der Waals surface area contributed by atoms with Gasteiger partial charge in [0.1, 0.15) is 11.7 Å². The van der Waals surface area contributed by atoms with Crippen molar-refractivity contribution in [3.8, 4) is 6.07 Å². The predicted molar refractivity (Wildman–Crippen MR) is 86.0 cm³/mol. The molecular weight excluding hydrogens is 292 g/mol. The summed E-state index contributed by atoms with van der Waals surface area (Å²) in [6.07, 6.45) is 4.13. The Morgan fingerprint density at radius 3 is 2.83 bits per heavy atom. The topological polar surface area (TPSA) is 69.5 Å². The third-order valence-corrected chi connectivity index (χ3v) is 4.26. The monoisotopic (exact) mass is 314 g/mol. The molecule has 1 aromatic rings. The molecule has 2 bridgehead atoms. The average Bonchev–Trinajstić information content (AvgIpc) is 2.80. The number of likely N-dealkylation sites (tertiary alicyclic amines) is 1. The van der Waals surface area contributed by atoms with E-state index in [1.54, 1.807) is 12.4 Å². The fraction of sp³-hybridized carbons (Fsp3) is 0.588. The van der Waals surface area contributed by atoms with Gasteiger partial charge < -0.3 is 14.5 Å². The van der Waals surface area contributed by atoms with Gasteiger partial charge >= 0.3 is 6.09 Å². The number of amides is 1. The lowest BCUT2D eigenvalue weighted by atomic mass is 9.99. The first kappa shape index (κ1) is 15.6. The van der Waals surface area contributed by atoms with E-state index in [4.69, 9.17) is 10.00 Å². The van der Waals surface area contributed by atoms with Crippen molar-refractivity contribution in [2.45, 2.75) is 38.8 Å². The highest BCUT2D eigenvalue weighted by molar-refractivity contribution is 5.69. The molecule has 2 atom stereocenters. The fourth-order valence-electron chi connectivity index (χ4n) is 3.38. The number of carbonyl (C=O) groups is 1. The molecule has 2 aliphatic heterocycles. The van der Waals surface area contributed by atoms with E-state index in [1.165, 1.54) is 0 Å². The van der Waals surface area contributed by atoms with Gasteiger partial charge in [-0.05, 0) is 39.2 Å². The molecule has 0 saturated carbocycles. The molecule has 2 unspecified atom stereocenters. The Balaban J connectivity index is 1.72. The Hall–Kier alpha value is -2.29. The molecule has 3 heterocycles. The summed E-state index contributed by atoms with van der Waals surface area (Å²) in [7, 11) is 0. The van der Waals surface area contributed by atoms with Crippen molar-refractivity contribution < 1.29 is 9.53 Å². The summed E-state index contributed by atoms with van der Waals surface area (Å²) in [6, 6.07) is 4.14. The molecule has 0 aromatic carbocycles. The Labute approximate surface area is 136 Å². The van der Waals surface area contributed by atoms with E-state index in [9.17, 15) is 4.79 Å². The minimum absolute atomic E-state index is 0.161. The number of fused-ring (bicyclic) bond motifs is 2. The molecule has 0 aliphatic carbocycles. The van der Waals surface area contributed by atoms with E-state index in [2.05, 4.69) is 16.0 Å². The minimum Gasteiger partial charge on any atom is -0.444 e. The minimum atomic E-state index is -0.474. The van der Waals surface area contributed by atoms with Gasteiger partial charge in [0.25, 0.3) is 0 Å². The fourth-order valence-corrected chi connectivity index (χ4v) is 3.38. The zero-order chi connectivity index (χ0) is 16.6. The van der Waals surface area contributed by atoms with Crippen LogP contribution >= 0.6 is 0 Å². The highest BCUT2D eigenvalue weighted by atomic mass is 16.6. The number of ether oxygens (including phenoxy) is 1. The molecule has 0 spiro atoms. The molecule has 0 N–H and O–H groups in total. The smallest absolute Gasteiger partial charge is 0.410 e. The van der Waals surface area contributed by atoms with Gasteiger partial charge in [-0.2, -0.15) is 5.26 Å². The van der Waals surface area contributed by atoms with Gasteiger partial charge in [0.15, 0.2) is 0 Å². The van der Waals surface area contributed by atoms with E-state index >= 15 is 0 Å². The molecule has 2 saturated heterocycles. The number of hydrogen-bond donors (Lipinski definition) is 0. The summed E-state index contributed by atoms with van der Waals surface area (Å²) < 4.78 is 5.52. The number of anilines is 1. The summed E-state index contributed by atoms with van der Waals surface area (Å²) in [5.74, 6) is 0.437. The molecule has 6 heteroatoms. The first-order chi connectivity index (χ1) is 10.9. The van der Waals surface area contributed by atoms with Crippen molar-refractivity contribution in [2.75, 3.05) is 24.5 Å². The molecular formula is C17H22N4O2. The Morgan fingerprint density at radius 1 is 1.35 bits per heavy atom. The highest BCUT2D eigenvalue weighted by Crippen LogP contribution is 2.33. The Kier molecular flexibility index (Phi) is 3.88. The molecule has 2 fully saturated rings. The van der Waals surface area contributed by atoms with Crippen LogP contribution in [0.1, 0.15) is 32.8 Å². The molecule has 122 valence electrons. The van der Waals surface area contributed by atoms with E-state index < -0.39 is 5.60 Å². The summed E-state index contributed by atoms with van der Waals surface area (Å²) in [4.78, 5) is 20.6. The lowest BCUT2D eigenvalue weighted by Gasteiger charge is -2.34. The van der Waals surface area contributed by atoms with Crippen LogP contribution in [-0.2, 0) is 4.74 Å². The normalized spacial score (nSPS) is 23.6. The standard InChI is InChI=1S/C17H22N4O2/c1-17(2,3)23-16(22)21-10-13-5-15(21)11-20(9-13)14-4-12(6-18)7-19-8-14/h4,7-8,13,15H,5,9-11H2,1-3H3. The van der Waals surface area contributed by atoms with E-state index in [-0.39, 0.29) is 12.1 Å². The number of aromatic nitrogens is 1. The SMILES string of the molecule is CC(C)(C)OC(=O)N1CC2CC1CN(c1cncc(C#N)c1)C2. The second kappa shape index (κ2) is 5.73. The van der Waals surface area contributed by atoms with Gasteiger partial charge in [-0.3, -0.25) is 4.98 Å². The van der Waals surface area contributed by atoms with Crippen molar-refractivity contribution in [3.63, 3.8) is 0 Å². The largest absolute Gasteiger partial charge is 0.444 e. The number of rotatable bonds is 1. The van der Waals surface area contributed by atoms with Crippen LogP contribution in [0.4, 0.5) is 10.5 Å². The van der Waals surface area contributed by atoms with Crippen LogP contribution in [0, 0.1) is 17.2 Å². The van der Waals surface area contributed by atoms with E-state index in [1.807, 2.05) is 31.7 Å². The Bertz CT molecular complexity index is 647. The first-order valence-corrected chi connectivity index (χ1v) is 7.95. The number of pyridine rings is 1. The molecule has 0 radical (unpaired) electrons. The zero-order valence-electron chi connectivity index (χ0n) is 13.8. The van der Waals surface area contributed by atoms with Gasteiger partial charge in [-0.15, -0.1) is 0 Å². The summed E-state index contributed by atoms with van der Waals surface area (Å²) >= 11 is 0. The van der Waals surface area contributed by atoms with Gasteiger partial charge in [0, 0.05) is 25.8 Å². The third kappa shape index (κ3) is 3.39. The molecule has 2 aliphatic rings. The maximum absolute atomic E-state index is 12.4. The van der Waals surface area contributed by atoms with Crippen LogP contribution in [-0.4, -0.2) is 47.3 Å². The predicted octanol–water partition coefficient (Wildman–Crippen LogP) is 2.40. The van der Waals surface area contributed by atoms with Crippen molar-refractivity contribution >= 4 is 11.8 Å². The number of nitrogens with zero attached hydrogens (tertiary/aromatic N) is 4. The van der Waals surface area contributed by atoms with Crippen LogP contribution in [0.15, 0.2) is 18.5 Å². The molecule has 1 aromatic heterocycles. The average molecular weight is 314 g/mol. The van der Waals surface area contributed by atoms with E-state index in [0.29, 0.717) is 11.5 Å². The third-order valence-electron chi connectivity index (χ3n) is 4.26. The second-order valence-electron chi connectivity index (χ2n) is 7.34. The molecule has 3 rings (SSSR count). The zero-order valence-corrected chi connectivity index (χ0v) is 13.8. The summed E-state index contributed by atoms with van der Waals surface area (Å²) in [5.41, 5.74) is 1.03. The highest BCUT2D eigenvalue weighted by Gasteiger charge is 2.42. The molecule has 6 nitrogen and oxygen atoms in total. The lowest BCUT2D eigenvalue weighted by molar-refractivity contribution is 0.0233. The number of piperidine rings is 1. The van der Waals surface area contributed by atoms with Gasteiger partial charge in [0.2, 0.25) is 0 Å². The van der Waals surface area contributed by atoms with Crippen LogP contribution in [0.2, 0.25) is 0 Å². The van der Waals surface area contributed by atoms with Crippen molar-refractivity contribution in [1.29, 1.82) is 5.26 Å². The number of nitriles is 1. The number of carbonyl (C=O) groups excluding carboxylic acids is 1. The second-order valence-corrected chi connectivity index (χ2v) is 7.34. The van der Waals surface area contributed by atoms with Crippen LogP contribution in [0.3, 0.4) is 0 Å². The number of hydrogen-bond acceptors (Lipinski definition) is 5. The maximum atomic E-state index is 12.4. The Morgan fingerprint density at radius 2 is 2.13 bits per heavy atom. The van der Waals surface area contributed by atoms with Gasteiger partial charge in [-0.1, -0.05) is 0 Å². The van der Waals surface area contributed by atoms with Crippen molar-refractivity contribution in [2.24, 2.45) is 5.92 Å². The molecule has 1 amide bonds. The first-order valence-electron chi connectivity index (χ1n) is 7.95. The maximum Gasteiger partial charge on any atom is 0.410 e. The van der Waals surface area contributed by atoms with E-state index in [0.717, 1.165) is 31.7 Å². The summed E-state index contributed by atoms with van der Waals surface area (Å²) in [6.45, 7) is 8.04. The van der Waals surface area contributed by atoms with Crippen molar-refractivity contribution in [1.82, 2.24) is 9.88 Å². The van der Waals surface area contributed by atoms with Crippen LogP contribution in [0.25, 0.3) is 0 Å². The van der Waals surface area contributed by atoms with Gasteiger partial charge in [-0.25, -0.2) is 4.79 Å². The van der Waals surface area contributed by atoms with Crippen LogP contribution in [0.5, 0.6) is 0 Å². The van der Waals surface area contributed by atoms with Crippen LogP contribution < -0.4 is 4.90 Å². The lowest BCUT2D eigenvalue weighted by Crippen LogP contribution is -2.45. The quantitative estimate of drug-likeness (QED) is 0.796. The molecule has 23 heavy (non-hydrogen) atoms. The van der Waals surface area contributed by atoms with Crippen molar-refractivity contribution in [3.05, 3.63) is 24.0 Å². The summed E-state index contributed by atoms with van der Waals surface area (Å²) in [5, 5.41) is 9.02.